The Balaban J connectivity index is 1.56. The summed E-state index contributed by atoms with van der Waals surface area (Å²) in [4.78, 5) is 32.0. The second-order valence-corrected chi connectivity index (χ2v) is 10.6. The lowest BCUT2D eigenvalue weighted by molar-refractivity contribution is -0.136. The molecule has 1 aliphatic rings. The van der Waals surface area contributed by atoms with Crippen molar-refractivity contribution in [1.29, 1.82) is 0 Å². The van der Waals surface area contributed by atoms with Gasteiger partial charge in [-0.2, -0.15) is 5.10 Å². The predicted molar refractivity (Wildman–Crippen MR) is 156 cm³/mol. The fourth-order valence-electron chi connectivity index (χ4n) is 4.81. The standard InChI is InChI=1S/C31H23ClN4O3S/c1-19-27(30(38)39-2)28(21-9-5-3-6-10-21)35-29(37)26(40-31(35)33-19)18-24-17-25(20-13-15-22(32)16-14-20)34-36(24)23-11-7-4-8-12-23/h3-18,28H,1-2H3/b26-18+. The molecule has 0 radical (unpaired) electrons. The molecule has 0 saturated heterocycles. The normalized spacial score (nSPS) is 15.1. The van der Waals surface area contributed by atoms with Crippen LogP contribution in [0.2, 0.25) is 5.02 Å². The number of carbonyl (C=O) groups is 1. The minimum absolute atomic E-state index is 0.250. The molecule has 7 nitrogen and oxygen atoms in total. The molecule has 1 atom stereocenters. The third kappa shape index (κ3) is 4.61. The number of thiazole rings is 1. The molecule has 3 aromatic carbocycles. The Morgan fingerprint density at radius 1 is 1.00 bits per heavy atom. The van der Waals surface area contributed by atoms with Crippen LogP contribution in [-0.2, 0) is 9.53 Å². The number of carbonyl (C=O) groups excluding carboxylic acids is 1. The highest BCUT2D eigenvalue weighted by Gasteiger charge is 2.33. The zero-order chi connectivity index (χ0) is 27.8. The summed E-state index contributed by atoms with van der Waals surface area (Å²) in [6.07, 6.45) is 1.82. The van der Waals surface area contributed by atoms with Crippen LogP contribution in [-0.4, -0.2) is 27.4 Å². The number of nitrogens with zero attached hydrogens (tertiary/aromatic N) is 4. The first-order valence-corrected chi connectivity index (χ1v) is 13.7. The summed E-state index contributed by atoms with van der Waals surface area (Å²) >= 11 is 7.38. The molecule has 1 aliphatic heterocycles. The van der Waals surface area contributed by atoms with E-state index in [-0.39, 0.29) is 5.56 Å². The van der Waals surface area contributed by atoms with Gasteiger partial charge in [0.25, 0.3) is 5.56 Å². The largest absolute Gasteiger partial charge is 0.466 e. The highest BCUT2D eigenvalue weighted by molar-refractivity contribution is 7.07. The first-order valence-electron chi connectivity index (χ1n) is 12.5. The first-order chi connectivity index (χ1) is 19.4. The summed E-state index contributed by atoms with van der Waals surface area (Å²) < 4.78 is 8.95. The van der Waals surface area contributed by atoms with Gasteiger partial charge in [0.15, 0.2) is 4.80 Å². The summed E-state index contributed by atoms with van der Waals surface area (Å²) in [5, 5.41) is 5.50. The number of fused-ring (bicyclic) bond motifs is 1. The highest BCUT2D eigenvalue weighted by Crippen LogP contribution is 2.30. The molecule has 3 heterocycles. The van der Waals surface area contributed by atoms with Gasteiger partial charge in [0.1, 0.15) is 0 Å². The molecule has 0 spiro atoms. The van der Waals surface area contributed by atoms with E-state index in [1.165, 1.54) is 18.4 Å². The van der Waals surface area contributed by atoms with Gasteiger partial charge in [-0.15, -0.1) is 0 Å². The third-order valence-electron chi connectivity index (χ3n) is 6.70. The van der Waals surface area contributed by atoms with Crippen molar-refractivity contribution in [3.05, 3.63) is 138 Å². The highest BCUT2D eigenvalue weighted by atomic mass is 35.5. The van der Waals surface area contributed by atoms with E-state index in [0.717, 1.165) is 28.2 Å². The molecular weight excluding hydrogens is 544 g/mol. The maximum Gasteiger partial charge on any atom is 0.338 e. The summed E-state index contributed by atoms with van der Waals surface area (Å²) in [7, 11) is 1.33. The molecular formula is C31H23ClN4O3S. The van der Waals surface area contributed by atoms with Crippen molar-refractivity contribution in [1.82, 2.24) is 14.3 Å². The Morgan fingerprint density at radius 2 is 1.68 bits per heavy atom. The van der Waals surface area contributed by atoms with Gasteiger partial charge in [0, 0.05) is 10.6 Å². The molecule has 198 valence electrons. The van der Waals surface area contributed by atoms with Gasteiger partial charge in [0.2, 0.25) is 0 Å². The minimum atomic E-state index is -0.657. The molecule has 0 fully saturated rings. The van der Waals surface area contributed by atoms with E-state index in [1.807, 2.05) is 102 Å². The van der Waals surface area contributed by atoms with Crippen molar-refractivity contribution in [2.45, 2.75) is 13.0 Å². The first kappa shape index (κ1) is 25.7. The van der Waals surface area contributed by atoms with Crippen LogP contribution in [0, 0.1) is 0 Å². The van der Waals surface area contributed by atoms with E-state index in [1.54, 1.807) is 11.5 Å². The van der Waals surface area contributed by atoms with Crippen molar-refractivity contribution in [2.24, 2.45) is 4.99 Å². The molecule has 2 aromatic heterocycles. The van der Waals surface area contributed by atoms with Crippen molar-refractivity contribution in [3.63, 3.8) is 0 Å². The van der Waals surface area contributed by atoms with Crippen molar-refractivity contribution >= 4 is 35.0 Å². The van der Waals surface area contributed by atoms with Crippen LogP contribution in [0.5, 0.6) is 0 Å². The molecule has 0 bridgehead atoms. The van der Waals surface area contributed by atoms with Gasteiger partial charge in [-0.1, -0.05) is 83.6 Å². The molecule has 6 rings (SSSR count). The van der Waals surface area contributed by atoms with Gasteiger partial charge in [-0.3, -0.25) is 9.36 Å². The number of ether oxygens (including phenoxy) is 1. The van der Waals surface area contributed by atoms with E-state index in [0.29, 0.717) is 25.6 Å². The van der Waals surface area contributed by atoms with E-state index < -0.39 is 12.0 Å². The Morgan fingerprint density at radius 3 is 2.35 bits per heavy atom. The monoisotopic (exact) mass is 566 g/mol. The van der Waals surface area contributed by atoms with Crippen LogP contribution in [0.3, 0.4) is 0 Å². The van der Waals surface area contributed by atoms with E-state index in [9.17, 15) is 9.59 Å². The number of rotatable bonds is 5. The van der Waals surface area contributed by atoms with Crippen LogP contribution in [0.1, 0.15) is 24.2 Å². The molecule has 9 heteroatoms. The fraction of sp³-hybridized carbons (Fsp3) is 0.0968. The van der Waals surface area contributed by atoms with E-state index in [2.05, 4.69) is 4.99 Å². The number of halogens is 1. The molecule has 1 unspecified atom stereocenters. The number of methoxy groups -OCH3 is 1. The quantitative estimate of drug-likeness (QED) is 0.283. The van der Waals surface area contributed by atoms with Gasteiger partial charge in [-0.05, 0) is 48.9 Å². The number of allylic oxidation sites excluding steroid dienone is 1. The van der Waals surface area contributed by atoms with E-state index in [4.69, 9.17) is 21.4 Å². The summed E-state index contributed by atoms with van der Waals surface area (Å²) in [6.45, 7) is 1.77. The lowest BCUT2D eigenvalue weighted by atomic mass is 9.96. The minimum Gasteiger partial charge on any atom is -0.466 e. The second kappa shape index (κ2) is 10.6. The van der Waals surface area contributed by atoms with Gasteiger partial charge in [0.05, 0.1) is 46.0 Å². The van der Waals surface area contributed by atoms with Crippen molar-refractivity contribution in [3.8, 4) is 16.9 Å². The molecule has 0 saturated carbocycles. The second-order valence-electron chi connectivity index (χ2n) is 9.19. The van der Waals surface area contributed by atoms with Gasteiger partial charge >= 0.3 is 5.97 Å². The van der Waals surface area contributed by atoms with Crippen LogP contribution in [0.4, 0.5) is 0 Å². The number of esters is 1. The van der Waals surface area contributed by atoms with Gasteiger partial charge < -0.3 is 4.74 Å². The van der Waals surface area contributed by atoms with Crippen molar-refractivity contribution in [2.75, 3.05) is 7.11 Å². The number of hydrogen-bond acceptors (Lipinski definition) is 6. The smallest absolute Gasteiger partial charge is 0.338 e. The number of aromatic nitrogens is 3. The molecule has 0 amide bonds. The Bertz CT molecular complexity index is 1940. The number of hydrogen-bond donors (Lipinski definition) is 0. The van der Waals surface area contributed by atoms with Crippen LogP contribution in [0.25, 0.3) is 23.0 Å². The van der Waals surface area contributed by atoms with Crippen LogP contribution >= 0.6 is 22.9 Å². The Labute approximate surface area is 238 Å². The summed E-state index contributed by atoms with van der Waals surface area (Å²) in [5.41, 5.74) is 4.63. The Hall–Kier alpha value is -4.53. The van der Waals surface area contributed by atoms with Crippen molar-refractivity contribution < 1.29 is 9.53 Å². The maximum atomic E-state index is 14.0. The number of para-hydroxylation sites is 1. The maximum absolute atomic E-state index is 14.0. The average Bonchev–Trinajstić information content (AvgIpc) is 3.54. The number of benzene rings is 3. The molecule has 0 aliphatic carbocycles. The molecule has 0 N–H and O–H groups in total. The van der Waals surface area contributed by atoms with Gasteiger partial charge in [-0.25, -0.2) is 14.5 Å². The van der Waals surface area contributed by atoms with Crippen LogP contribution in [0.15, 0.2) is 112 Å². The topological polar surface area (TPSA) is 78.5 Å². The third-order valence-corrected chi connectivity index (χ3v) is 7.93. The lowest BCUT2D eigenvalue weighted by Crippen LogP contribution is -2.39. The summed E-state index contributed by atoms with van der Waals surface area (Å²) in [5.74, 6) is -0.515. The predicted octanol–water partition coefficient (Wildman–Crippen LogP) is 4.91. The SMILES string of the molecule is COC(=O)C1=C(C)N=c2s/c(=C/c3cc(-c4ccc(Cl)cc4)nn3-c3ccccc3)c(=O)n2C1c1ccccc1. The zero-order valence-corrected chi connectivity index (χ0v) is 23.2. The fourth-order valence-corrected chi connectivity index (χ4v) is 5.97. The Kier molecular flexibility index (Phi) is 6.79. The lowest BCUT2D eigenvalue weighted by Gasteiger charge is -2.24. The van der Waals surface area contributed by atoms with E-state index >= 15 is 0 Å². The zero-order valence-electron chi connectivity index (χ0n) is 21.6. The molecule has 40 heavy (non-hydrogen) atoms. The van der Waals surface area contributed by atoms with Crippen LogP contribution < -0.4 is 14.9 Å². The average molecular weight is 567 g/mol. The molecule has 5 aromatic rings. The summed E-state index contributed by atoms with van der Waals surface area (Å²) in [6, 6.07) is 27.9.